The van der Waals surface area contributed by atoms with E-state index in [0.717, 1.165) is 16.7 Å². The fourth-order valence-corrected chi connectivity index (χ4v) is 4.54. The molecule has 0 saturated carbocycles. The monoisotopic (exact) mass is 568 g/mol. The van der Waals surface area contributed by atoms with Gasteiger partial charge in [-0.05, 0) is 65.6 Å². The summed E-state index contributed by atoms with van der Waals surface area (Å²) in [6.45, 7) is 1.86. The van der Waals surface area contributed by atoms with Gasteiger partial charge in [0.05, 0.1) is 24.2 Å². The highest BCUT2D eigenvalue weighted by Gasteiger charge is 2.14. The van der Waals surface area contributed by atoms with E-state index in [1.165, 1.54) is 25.3 Å². The van der Waals surface area contributed by atoms with Gasteiger partial charge in [0.2, 0.25) is 5.91 Å². The Morgan fingerprint density at radius 1 is 0.902 bits per heavy atom. The van der Waals surface area contributed by atoms with E-state index in [9.17, 15) is 17.8 Å². The summed E-state index contributed by atoms with van der Waals surface area (Å²) in [6, 6.07) is 24.4. The van der Waals surface area contributed by atoms with Crippen LogP contribution in [-0.2, 0) is 14.9 Å². The lowest BCUT2D eigenvalue weighted by Crippen LogP contribution is -2.09. The number of anilines is 2. The number of amides is 1. The van der Waals surface area contributed by atoms with Crippen LogP contribution in [0.2, 0.25) is 0 Å². The molecular formula is C31H28N4O5S. The van der Waals surface area contributed by atoms with Gasteiger partial charge < -0.3 is 15.8 Å². The standard InChI is InChI=1S/C31H28N4O5S/c1-21-18-28(33-31(36)17-11-22-6-4-3-5-7-22)29(40-2)20-27(21)35-34-26-15-9-23(10-16-26)8-12-24-13-14-25(32)19-30(24)41(37,38)39/h3-20H,32H2,1-2H3,(H,33,36)(H,37,38,39)/b12-8+,17-11+,35-34?. The minimum Gasteiger partial charge on any atom is -0.494 e. The fraction of sp³-hybridized carbons (Fsp3) is 0.0645. The molecule has 4 aromatic carbocycles. The number of nitrogens with two attached hydrogens (primary N) is 1. The van der Waals surface area contributed by atoms with Gasteiger partial charge in [-0.15, -0.1) is 0 Å². The number of nitrogens with zero attached hydrogens (tertiary/aromatic N) is 2. The van der Waals surface area contributed by atoms with E-state index < -0.39 is 10.1 Å². The minimum absolute atomic E-state index is 0.229. The number of nitrogens with one attached hydrogen (secondary N) is 1. The van der Waals surface area contributed by atoms with Crippen molar-refractivity contribution in [3.8, 4) is 5.75 Å². The lowest BCUT2D eigenvalue weighted by Gasteiger charge is -2.11. The predicted molar refractivity (Wildman–Crippen MR) is 162 cm³/mol. The minimum atomic E-state index is -4.42. The predicted octanol–water partition coefficient (Wildman–Crippen LogP) is 7.07. The van der Waals surface area contributed by atoms with Gasteiger partial charge in [-0.1, -0.05) is 60.7 Å². The number of hydrogen-bond donors (Lipinski definition) is 3. The van der Waals surface area contributed by atoms with Crippen LogP contribution in [0.25, 0.3) is 18.2 Å². The number of carbonyl (C=O) groups excluding carboxylic acids is 1. The summed E-state index contributed by atoms with van der Waals surface area (Å²) in [5, 5.41) is 11.5. The van der Waals surface area contributed by atoms with Crippen LogP contribution in [0.15, 0.2) is 106 Å². The lowest BCUT2D eigenvalue weighted by molar-refractivity contribution is -0.111. The molecule has 0 atom stereocenters. The number of aryl methyl sites for hydroxylation is 1. The van der Waals surface area contributed by atoms with E-state index in [1.807, 2.05) is 37.3 Å². The first-order valence-corrected chi connectivity index (χ1v) is 13.9. The molecule has 4 N–H and O–H groups in total. The van der Waals surface area contributed by atoms with E-state index >= 15 is 0 Å². The Kier molecular flexibility index (Phi) is 9.08. The summed E-state index contributed by atoms with van der Waals surface area (Å²) in [5.74, 6) is 0.152. The van der Waals surface area contributed by atoms with E-state index in [4.69, 9.17) is 10.5 Å². The maximum Gasteiger partial charge on any atom is 0.295 e. The molecule has 208 valence electrons. The second-order valence-corrected chi connectivity index (χ2v) is 10.4. The summed E-state index contributed by atoms with van der Waals surface area (Å²) in [4.78, 5) is 12.2. The topological polar surface area (TPSA) is 143 Å². The lowest BCUT2D eigenvalue weighted by atomic mass is 10.1. The third-order valence-corrected chi connectivity index (χ3v) is 6.85. The van der Waals surface area contributed by atoms with Crippen LogP contribution in [0.1, 0.15) is 22.3 Å². The van der Waals surface area contributed by atoms with Crippen LogP contribution in [-0.4, -0.2) is 26.0 Å². The number of hydrogen-bond acceptors (Lipinski definition) is 7. The van der Waals surface area contributed by atoms with E-state index in [0.29, 0.717) is 28.4 Å². The van der Waals surface area contributed by atoms with Gasteiger partial charge in [-0.2, -0.15) is 18.6 Å². The summed E-state index contributed by atoms with van der Waals surface area (Å²) < 4.78 is 38.3. The molecule has 0 spiro atoms. The van der Waals surface area contributed by atoms with Gasteiger partial charge in [-0.3, -0.25) is 9.35 Å². The number of azo groups is 1. The van der Waals surface area contributed by atoms with Gasteiger partial charge >= 0.3 is 0 Å². The molecule has 0 bridgehead atoms. The quantitative estimate of drug-likeness (QED) is 0.0648. The molecular weight excluding hydrogens is 540 g/mol. The van der Waals surface area contributed by atoms with Crippen molar-refractivity contribution < 1.29 is 22.5 Å². The van der Waals surface area contributed by atoms with Crippen LogP contribution in [0.3, 0.4) is 0 Å². The number of carbonyl (C=O) groups is 1. The average Bonchev–Trinajstić information content (AvgIpc) is 2.95. The zero-order valence-electron chi connectivity index (χ0n) is 22.4. The highest BCUT2D eigenvalue weighted by Crippen LogP contribution is 2.34. The van der Waals surface area contributed by atoms with Crippen LogP contribution in [0, 0.1) is 6.92 Å². The fourth-order valence-electron chi connectivity index (χ4n) is 3.82. The van der Waals surface area contributed by atoms with Crippen LogP contribution in [0.5, 0.6) is 5.75 Å². The first-order chi connectivity index (χ1) is 19.6. The highest BCUT2D eigenvalue weighted by atomic mass is 32.2. The Bertz CT molecular complexity index is 1750. The van der Waals surface area contributed by atoms with Crippen molar-refractivity contribution in [3.63, 3.8) is 0 Å². The second-order valence-electron chi connectivity index (χ2n) is 8.97. The van der Waals surface area contributed by atoms with Crippen LogP contribution in [0.4, 0.5) is 22.7 Å². The molecule has 4 rings (SSSR count). The van der Waals surface area contributed by atoms with Crippen molar-refractivity contribution in [2.45, 2.75) is 11.8 Å². The molecule has 0 radical (unpaired) electrons. The maximum absolute atomic E-state index is 12.4. The summed E-state index contributed by atoms with van der Waals surface area (Å²) in [6.07, 6.45) is 6.47. The molecule has 9 nitrogen and oxygen atoms in total. The van der Waals surface area contributed by atoms with Crippen LogP contribution >= 0.6 is 0 Å². The molecule has 0 aliphatic heterocycles. The number of ether oxygens (including phenoxy) is 1. The Balaban J connectivity index is 1.46. The molecule has 0 unspecified atom stereocenters. The van der Waals surface area contributed by atoms with E-state index in [2.05, 4.69) is 15.5 Å². The van der Waals surface area contributed by atoms with Gasteiger partial charge in [0.15, 0.2) is 0 Å². The summed E-state index contributed by atoms with van der Waals surface area (Å²) in [7, 11) is -2.91. The molecule has 1 amide bonds. The zero-order valence-corrected chi connectivity index (χ0v) is 23.2. The number of methoxy groups -OCH3 is 1. The number of nitrogen functional groups attached to an aromatic ring is 1. The van der Waals surface area contributed by atoms with E-state index in [1.54, 1.807) is 60.7 Å². The molecule has 0 aliphatic rings. The molecule has 10 heteroatoms. The first kappa shape index (κ1) is 28.9. The maximum atomic E-state index is 12.4. The second kappa shape index (κ2) is 12.9. The van der Waals surface area contributed by atoms with Crippen molar-refractivity contribution in [2.75, 3.05) is 18.2 Å². The number of rotatable bonds is 9. The largest absolute Gasteiger partial charge is 0.494 e. The molecule has 0 fully saturated rings. The molecule has 0 saturated heterocycles. The third kappa shape index (κ3) is 7.98. The SMILES string of the molecule is COc1cc(N=Nc2ccc(/C=C/c3ccc(N)cc3S(=O)(=O)O)cc2)c(C)cc1NC(=O)/C=C/c1ccccc1. The Labute approximate surface area is 238 Å². The first-order valence-electron chi connectivity index (χ1n) is 12.4. The van der Waals surface area contributed by atoms with Crippen molar-refractivity contribution in [3.05, 3.63) is 113 Å². The number of benzene rings is 4. The zero-order chi connectivity index (χ0) is 29.4. The van der Waals surface area contributed by atoms with E-state index in [-0.39, 0.29) is 16.5 Å². The Morgan fingerprint density at radius 2 is 1.61 bits per heavy atom. The van der Waals surface area contributed by atoms with Crippen molar-refractivity contribution >= 4 is 57.0 Å². The summed E-state index contributed by atoms with van der Waals surface area (Å²) >= 11 is 0. The Hall–Kier alpha value is -5.06. The van der Waals surface area contributed by atoms with Gasteiger partial charge in [-0.25, -0.2) is 0 Å². The Morgan fingerprint density at radius 3 is 2.29 bits per heavy atom. The van der Waals surface area contributed by atoms with Gasteiger partial charge in [0.25, 0.3) is 10.1 Å². The molecule has 41 heavy (non-hydrogen) atoms. The molecule has 0 aliphatic carbocycles. The van der Waals surface area contributed by atoms with Crippen molar-refractivity contribution in [1.29, 1.82) is 0 Å². The molecule has 4 aromatic rings. The average molecular weight is 569 g/mol. The normalized spacial score (nSPS) is 11.9. The highest BCUT2D eigenvalue weighted by molar-refractivity contribution is 7.86. The van der Waals surface area contributed by atoms with Crippen molar-refractivity contribution in [1.82, 2.24) is 0 Å². The summed E-state index contributed by atoms with van der Waals surface area (Å²) in [5.41, 5.74) is 10.4. The van der Waals surface area contributed by atoms with Crippen molar-refractivity contribution in [2.24, 2.45) is 10.2 Å². The van der Waals surface area contributed by atoms with Crippen LogP contribution < -0.4 is 15.8 Å². The third-order valence-electron chi connectivity index (χ3n) is 5.94. The van der Waals surface area contributed by atoms with Gasteiger partial charge in [0.1, 0.15) is 10.6 Å². The molecule has 0 heterocycles. The smallest absolute Gasteiger partial charge is 0.295 e. The van der Waals surface area contributed by atoms with Gasteiger partial charge in [0, 0.05) is 17.8 Å². The molecule has 0 aromatic heterocycles.